The first-order valence-electron chi connectivity index (χ1n) is 5.77. The van der Waals surface area contributed by atoms with Crippen molar-refractivity contribution < 1.29 is 9.84 Å². The average Bonchev–Trinajstić information content (AvgIpc) is 2.82. The van der Waals surface area contributed by atoms with Crippen LogP contribution in [-0.2, 0) is 0 Å². The summed E-state index contributed by atoms with van der Waals surface area (Å²) in [6, 6.07) is 0. The molecule has 2 heteroatoms. The van der Waals surface area contributed by atoms with Gasteiger partial charge in [0.2, 0.25) is 0 Å². The minimum Gasteiger partial charge on any atom is -0.507 e. The Balaban J connectivity index is 2.27. The lowest BCUT2D eigenvalue weighted by Gasteiger charge is -2.14. The van der Waals surface area contributed by atoms with Crippen molar-refractivity contribution in [2.45, 2.75) is 39.2 Å². The van der Waals surface area contributed by atoms with E-state index in [2.05, 4.69) is 12.2 Å². The molecule has 1 aromatic carbocycles. The highest BCUT2D eigenvalue weighted by atomic mass is 16.5. The van der Waals surface area contributed by atoms with Crippen LogP contribution in [0.25, 0.3) is 0 Å². The van der Waals surface area contributed by atoms with Crippen LogP contribution in [-0.4, -0.2) is 11.2 Å². The van der Waals surface area contributed by atoms with Crippen LogP contribution in [0.4, 0.5) is 0 Å². The molecule has 84 valence electrons. The molecule has 1 aliphatic heterocycles. The lowest BCUT2D eigenvalue weighted by Crippen LogP contribution is -2.10. The van der Waals surface area contributed by atoms with Crippen LogP contribution < -0.4 is 4.74 Å². The van der Waals surface area contributed by atoms with Crippen molar-refractivity contribution in [3.63, 3.8) is 0 Å². The van der Waals surface area contributed by atoms with E-state index in [1.54, 1.807) is 0 Å². The molecule has 2 nitrogen and oxygen atoms in total. The van der Waals surface area contributed by atoms with Crippen LogP contribution in [0.15, 0.2) is 12.2 Å². The molecule has 16 heavy (non-hydrogen) atoms. The fourth-order valence-corrected chi connectivity index (χ4v) is 2.89. The third-order valence-corrected chi connectivity index (χ3v) is 4.00. The number of hydrogen-bond acceptors (Lipinski definition) is 2. The van der Waals surface area contributed by atoms with Crippen molar-refractivity contribution >= 4 is 0 Å². The molecule has 0 saturated carbocycles. The number of aromatic hydroxyl groups is 1. The second-order valence-electron chi connectivity index (χ2n) is 4.82. The fraction of sp³-hybridized carbons (Fsp3) is 0.429. The molecular weight excluding hydrogens is 200 g/mol. The molecule has 1 aliphatic carbocycles. The maximum Gasteiger partial charge on any atom is 0.127 e. The summed E-state index contributed by atoms with van der Waals surface area (Å²) in [7, 11) is 0. The summed E-state index contributed by atoms with van der Waals surface area (Å²) < 4.78 is 5.98. The van der Waals surface area contributed by atoms with Crippen molar-refractivity contribution in [2.24, 2.45) is 0 Å². The molecule has 0 fully saturated rings. The Bertz CT molecular complexity index is 500. The van der Waals surface area contributed by atoms with Gasteiger partial charge in [0.15, 0.2) is 0 Å². The summed E-state index contributed by atoms with van der Waals surface area (Å²) in [6.07, 6.45) is 5.52. The van der Waals surface area contributed by atoms with Crippen molar-refractivity contribution in [1.82, 2.24) is 0 Å². The third-order valence-electron chi connectivity index (χ3n) is 4.00. The number of phenolic OH excluding ortho intramolecular Hbond substituents is 1. The van der Waals surface area contributed by atoms with E-state index in [0.717, 1.165) is 28.9 Å². The van der Waals surface area contributed by atoms with Gasteiger partial charge in [-0.3, -0.25) is 0 Å². The van der Waals surface area contributed by atoms with Crippen LogP contribution in [0.2, 0.25) is 0 Å². The zero-order valence-electron chi connectivity index (χ0n) is 9.87. The monoisotopic (exact) mass is 216 g/mol. The largest absolute Gasteiger partial charge is 0.507 e. The topological polar surface area (TPSA) is 29.5 Å². The minimum absolute atomic E-state index is 0.189. The zero-order valence-corrected chi connectivity index (χ0v) is 9.87. The molecule has 1 N–H and O–H groups in total. The first-order chi connectivity index (χ1) is 7.61. The predicted octanol–water partition coefficient (Wildman–Crippen LogP) is 3.12. The van der Waals surface area contributed by atoms with E-state index >= 15 is 0 Å². The van der Waals surface area contributed by atoms with Gasteiger partial charge in [0.05, 0.1) is 0 Å². The molecule has 0 unspecified atom stereocenters. The van der Waals surface area contributed by atoms with E-state index in [9.17, 15) is 5.11 Å². The molecule has 0 radical (unpaired) electrons. The zero-order chi connectivity index (χ0) is 11.4. The van der Waals surface area contributed by atoms with Crippen molar-refractivity contribution in [2.75, 3.05) is 0 Å². The van der Waals surface area contributed by atoms with Gasteiger partial charge in [-0.05, 0) is 50.0 Å². The van der Waals surface area contributed by atoms with Gasteiger partial charge in [0.25, 0.3) is 0 Å². The van der Waals surface area contributed by atoms with Crippen LogP contribution in [0, 0.1) is 20.8 Å². The maximum absolute atomic E-state index is 10.1. The Labute approximate surface area is 95.6 Å². The average molecular weight is 216 g/mol. The van der Waals surface area contributed by atoms with Crippen molar-refractivity contribution in [3.8, 4) is 11.5 Å². The quantitative estimate of drug-likeness (QED) is 0.675. The molecule has 1 aromatic rings. The van der Waals surface area contributed by atoms with E-state index < -0.39 is 0 Å². The van der Waals surface area contributed by atoms with E-state index in [1.165, 1.54) is 5.56 Å². The van der Waals surface area contributed by atoms with Gasteiger partial charge >= 0.3 is 0 Å². The summed E-state index contributed by atoms with van der Waals surface area (Å²) in [6.45, 7) is 5.97. The number of ether oxygens (including phenoxy) is 1. The first kappa shape index (κ1) is 9.76. The maximum atomic E-state index is 10.1. The highest BCUT2D eigenvalue weighted by Gasteiger charge is 2.38. The lowest BCUT2D eigenvalue weighted by molar-refractivity contribution is 0.264. The van der Waals surface area contributed by atoms with E-state index in [-0.39, 0.29) is 6.10 Å². The number of allylic oxidation sites excluding steroid dienone is 1. The Morgan fingerprint density at radius 1 is 1.19 bits per heavy atom. The number of phenols is 1. The minimum atomic E-state index is 0.189. The number of rotatable bonds is 0. The highest BCUT2D eigenvalue weighted by molar-refractivity contribution is 5.61. The number of hydrogen-bond donors (Lipinski definition) is 1. The SMILES string of the molecule is Cc1c(C)c2c(c(C)c1O)[C@@H]1CC=C[C@@H]1O2. The molecule has 0 aromatic heterocycles. The second-order valence-corrected chi connectivity index (χ2v) is 4.82. The van der Waals surface area contributed by atoms with Gasteiger partial charge in [0.1, 0.15) is 17.6 Å². The van der Waals surface area contributed by atoms with E-state index in [4.69, 9.17) is 4.74 Å². The predicted molar refractivity (Wildman–Crippen MR) is 63.2 cm³/mol. The fourth-order valence-electron chi connectivity index (χ4n) is 2.89. The molecule has 0 amide bonds. The molecule has 2 aliphatic rings. The van der Waals surface area contributed by atoms with Gasteiger partial charge in [-0.15, -0.1) is 0 Å². The lowest BCUT2D eigenvalue weighted by atomic mass is 9.89. The third kappa shape index (κ3) is 1.02. The van der Waals surface area contributed by atoms with E-state index in [0.29, 0.717) is 11.7 Å². The van der Waals surface area contributed by atoms with Crippen molar-refractivity contribution in [3.05, 3.63) is 34.4 Å². The van der Waals surface area contributed by atoms with Gasteiger partial charge < -0.3 is 9.84 Å². The summed E-state index contributed by atoms with van der Waals surface area (Å²) in [5.41, 5.74) is 4.24. The molecular formula is C14H16O2. The van der Waals surface area contributed by atoms with Crippen molar-refractivity contribution in [1.29, 1.82) is 0 Å². The molecule has 0 saturated heterocycles. The summed E-state index contributed by atoms with van der Waals surface area (Å²) in [5.74, 6) is 1.86. The number of benzene rings is 1. The van der Waals surface area contributed by atoms with Crippen LogP contribution in [0.5, 0.6) is 11.5 Å². The standard InChI is InChI=1S/C14H16O2/c1-7-8(2)14-12(9(3)13(7)15)10-5-4-6-11(10)16-14/h4,6,10-11,15H,5H2,1-3H3/t10-,11+/m1/s1. The van der Waals surface area contributed by atoms with Crippen LogP contribution >= 0.6 is 0 Å². The Hall–Kier alpha value is -1.44. The molecule has 0 spiro atoms. The first-order valence-corrected chi connectivity index (χ1v) is 5.77. The molecule has 0 bridgehead atoms. The summed E-state index contributed by atoms with van der Waals surface area (Å²) >= 11 is 0. The van der Waals surface area contributed by atoms with Gasteiger partial charge in [0, 0.05) is 11.5 Å². The molecule has 3 rings (SSSR count). The van der Waals surface area contributed by atoms with Gasteiger partial charge in [-0.2, -0.15) is 0 Å². The van der Waals surface area contributed by atoms with E-state index in [1.807, 2.05) is 20.8 Å². The highest BCUT2D eigenvalue weighted by Crippen LogP contribution is 2.50. The molecule has 1 heterocycles. The summed E-state index contributed by atoms with van der Waals surface area (Å²) in [4.78, 5) is 0. The molecule has 2 atom stereocenters. The van der Waals surface area contributed by atoms with Gasteiger partial charge in [-0.25, -0.2) is 0 Å². The Morgan fingerprint density at radius 2 is 1.94 bits per heavy atom. The normalized spacial score (nSPS) is 25.4. The Kier molecular flexibility index (Phi) is 1.85. The smallest absolute Gasteiger partial charge is 0.127 e. The van der Waals surface area contributed by atoms with Crippen LogP contribution in [0.3, 0.4) is 0 Å². The van der Waals surface area contributed by atoms with Gasteiger partial charge in [-0.1, -0.05) is 6.08 Å². The van der Waals surface area contributed by atoms with Crippen LogP contribution in [0.1, 0.15) is 34.6 Å². The number of fused-ring (bicyclic) bond motifs is 3. The summed E-state index contributed by atoms with van der Waals surface area (Å²) in [5, 5.41) is 10.1. The Morgan fingerprint density at radius 3 is 2.69 bits per heavy atom. The second kappa shape index (κ2) is 3.03.